The molecule has 0 bridgehead atoms. The van der Waals surface area contributed by atoms with Gasteiger partial charge in [0.25, 0.3) is 0 Å². The number of nitrogens with one attached hydrogen (secondary N) is 1. The molecule has 1 aliphatic rings. The van der Waals surface area contributed by atoms with E-state index >= 15 is 0 Å². The summed E-state index contributed by atoms with van der Waals surface area (Å²) in [6.07, 6.45) is 4.89. The van der Waals surface area contributed by atoms with Gasteiger partial charge in [-0.3, -0.25) is 0 Å². The highest BCUT2D eigenvalue weighted by Gasteiger charge is 2.20. The van der Waals surface area contributed by atoms with E-state index in [4.69, 9.17) is 11.6 Å². The van der Waals surface area contributed by atoms with Gasteiger partial charge in [-0.05, 0) is 63.5 Å². The zero-order chi connectivity index (χ0) is 15.2. The number of piperidine rings is 1. The second-order valence-electron chi connectivity index (χ2n) is 6.03. The largest absolute Gasteiger partial charge is 0.307 e. The van der Waals surface area contributed by atoms with Gasteiger partial charge in [-0.15, -0.1) is 0 Å². The van der Waals surface area contributed by atoms with Crippen LogP contribution in [0.15, 0.2) is 18.2 Å². The third-order valence-corrected chi connectivity index (χ3v) is 4.65. The van der Waals surface area contributed by atoms with Crippen molar-refractivity contribution in [3.05, 3.63) is 34.6 Å². The Morgan fingerprint density at radius 3 is 2.71 bits per heavy atom. The normalized spacial score (nSPS) is 18.9. The molecule has 118 valence electrons. The molecule has 1 atom stereocenters. The van der Waals surface area contributed by atoms with Gasteiger partial charge in [0.1, 0.15) is 5.82 Å². The minimum Gasteiger partial charge on any atom is -0.307 e. The van der Waals surface area contributed by atoms with E-state index in [9.17, 15) is 4.39 Å². The van der Waals surface area contributed by atoms with Crippen molar-refractivity contribution in [1.82, 2.24) is 10.2 Å². The molecular weight excluding hydrogens is 287 g/mol. The van der Waals surface area contributed by atoms with Crippen LogP contribution in [0.3, 0.4) is 0 Å². The summed E-state index contributed by atoms with van der Waals surface area (Å²) in [5.74, 6) is -0.336. The average molecular weight is 313 g/mol. The third kappa shape index (κ3) is 4.94. The van der Waals surface area contributed by atoms with Crippen molar-refractivity contribution < 1.29 is 4.39 Å². The molecule has 1 fully saturated rings. The molecule has 0 aromatic heterocycles. The Morgan fingerprint density at radius 1 is 1.38 bits per heavy atom. The number of likely N-dealkylation sites (tertiary alicyclic amines) is 1. The molecule has 0 spiro atoms. The van der Waals surface area contributed by atoms with E-state index in [1.54, 1.807) is 6.07 Å². The van der Waals surface area contributed by atoms with E-state index in [0.717, 1.165) is 5.56 Å². The van der Waals surface area contributed by atoms with E-state index in [2.05, 4.69) is 24.1 Å². The number of unbranched alkanes of at least 4 members (excludes halogenated alkanes) is 1. The molecule has 21 heavy (non-hydrogen) atoms. The second kappa shape index (κ2) is 8.11. The summed E-state index contributed by atoms with van der Waals surface area (Å²) in [5.41, 5.74) is 0.963. The summed E-state index contributed by atoms with van der Waals surface area (Å²) in [5, 5.41) is 3.81. The summed E-state index contributed by atoms with van der Waals surface area (Å²) in [7, 11) is 0. The predicted molar refractivity (Wildman–Crippen MR) is 87.3 cm³/mol. The number of benzene rings is 1. The molecule has 0 radical (unpaired) electrons. The highest BCUT2D eigenvalue weighted by atomic mass is 35.5. The molecule has 0 saturated carbocycles. The van der Waals surface area contributed by atoms with E-state index < -0.39 is 0 Å². The Kier molecular flexibility index (Phi) is 6.46. The maximum absolute atomic E-state index is 13.5. The van der Waals surface area contributed by atoms with Crippen molar-refractivity contribution in [3.63, 3.8) is 0 Å². The lowest BCUT2D eigenvalue weighted by molar-refractivity contribution is 0.190. The highest BCUT2D eigenvalue weighted by molar-refractivity contribution is 6.30. The van der Waals surface area contributed by atoms with Gasteiger partial charge in [-0.25, -0.2) is 4.39 Å². The fraction of sp³-hybridized carbons (Fsp3) is 0.647. The Labute approximate surface area is 132 Å². The van der Waals surface area contributed by atoms with Crippen LogP contribution in [0.5, 0.6) is 0 Å². The minimum atomic E-state index is -0.336. The first-order chi connectivity index (χ1) is 10.1. The van der Waals surface area contributed by atoms with Crippen molar-refractivity contribution in [1.29, 1.82) is 0 Å². The number of hydrogen-bond donors (Lipinski definition) is 1. The minimum absolute atomic E-state index is 0.156. The molecule has 1 N–H and O–H groups in total. The van der Waals surface area contributed by atoms with Crippen molar-refractivity contribution >= 4 is 11.6 Å². The molecule has 4 heteroatoms. The van der Waals surface area contributed by atoms with Crippen LogP contribution in [0, 0.1) is 5.82 Å². The first-order valence-electron chi connectivity index (χ1n) is 8.03. The summed E-state index contributed by atoms with van der Waals surface area (Å²) in [4.78, 5) is 2.55. The molecule has 1 heterocycles. The topological polar surface area (TPSA) is 15.3 Å². The smallest absolute Gasteiger partial charge is 0.142 e. The zero-order valence-electron chi connectivity index (χ0n) is 13.0. The summed E-state index contributed by atoms with van der Waals surface area (Å²) in [6, 6.07) is 5.76. The fourth-order valence-corrected chi connectivity index (χ4v) is 3.05. The molecule has 1 saturated heterocycles. The number of halogens is 2. The summed E-state index contributed by atoms with van der Waals surface area (Å²) in [6.45, 7) is 7.88. The van der Waals surface area contributed by atoms with Crippen molar-refractivity contribution in [2.45, 2.75) is 51.6 Å². The quantitative estimate of drug-likeness (QED) is 0.838. The monoisotopic (exact) mass is 312 g/mol. The lowest BCUT2D eigenvalue weighted by Crippen LogP contribution is -2.43. The Hall–Kier alpha value is -0.640. The zero-order valence-corrected chi connectivity index (χ0v) is 13.8. The Morgan fingerprint density at radius 2 is 2.10 bits per heavy atom. The molecule has 1 unspecified atom stereocenters. The van der Waals surface area contributed by atoms with Gasteiger partial charge in [-0.2, -0.15) is 0 Å². The van der Waals surface area contributed by atoms with Gasteiger partial charge in [-0.1, -0.05) is 31.0 Å². The van der Waals surface area contributed by atoms with Gasteiger partial charge in [0, 0.05) is 12.1 Å². The maximum Gasteiger partial charge on any atom is 0.142 e. The van der Waals surface area contributed by atoms with E-state index in [1.807, 2.05) is 6.07 Å². The highest BCUT2D eigenvalue weighted by Crippen LogP contribution is 2.22. The molecule has 1 aromatic rings. The van der Waals surface area contributed by atoms with Crippen LogP contribution in [-0.4, -0.2) is 30.6 Å². The molecule has 2 rings (SSSR count). The summed E-state index contributed by atoms with van der Waals surface area (Å²) >= 11 is 5.73. The first kappa shape index (κ1) is 16.7. The van der Waals surface area contributed by atoms with Crippen LogP contribution in [0.1, 0.15) is 51.1 Å². The number of hydrogen-bond acceptors (Lipinski definition) is 2. The van der Waals surface area contributed by atoms with Crippen LogP contribution in [0.2, 0.25) is 5.02 Å². The Bertz CT molecular complexity index is 444. The van der Waals surface area contributed by atoms with Gasteiger partial charge in [0.15, 0.2) is 0 Å². The molecule has 0 aliphatic carbocycles. The van der Waals surface area contributed by atoms with Crippen LogP contribution in [0.25, 0.3) is 0 Å². The van der Waals surface area contributed by atoms with Crippen LogP contribution in [-0.2, 0) is 0 Å². The van der Waals surface area contributed by atoms with E-state index in [0.29, 0.717) is 6.04 Å². The Balaban J connectivity index is 1.81. The lowest BCUT2D eigenvalue weighted by atomic mass is 10.0. The third-order valence-electron chi connectivity index (χ3n) is 4.34. The van der Waals surface area contributed by atoms with Crippen LogP contribution in [0.4, 0.5) is 4.39 Å². The SMILES string of the molecule is CCCCN1CCC(NC(C)c2ccc(Cl)c(F)c2)CC1. The van der Waals surface area contributed by atoms with Crippen LogP contribution >= 0.6 is 11.6 Å². The number of nitrogens with zero attached hydrogens (tertiary/aromatic N) is 1. The van der Waals surface area contributed by atoms with Crippen molar-refractivity contribution in [2.75, 3.05) is 19.6 Å². The van der Waals surface area contributed by atoms with Crippen LogP contribution < -0.4 is 5.32 Å². The number of rotatable bonds is 6. The molecular formula is C17H26ClFN2. The molecule has 1 aliphatic heterocycles. The lowest BCUT2D eigenvalue weighted by Gasteiger charge is -2.34. The average Bonchev–Trinajstić information content (AvgIpc) is 2.49. The van der Waals surface area contributed by atoms with E-state index in [-0.39, 0.29) is 16.9 Å². The molecule has 2 nitrogen and oxygen atoms in total. The maximum atomic E-state index is 13.5. The first-order valence-corrected chi connectivity index (χ1v) is 8.41. The van der Waals surface area contributed by atoms with Crippen molar-refractivity contribution in [3.8, 4) is 0 Å². The van der Waals surface area contributed by atoms with Crippen molar-refractivity contribution in [2.24, 2.45) is 0 Å². The second-order valence-corrected chi connectivity index (χ2v) is 6.44. The van der Waals surface area contributed by atoms with Gasteiger partial charge < -0.3 is 10.2 Å². The fourth-order valence-electron chi connectivity index (χ4n) is 2.94. The van der Waals surface area contributed by atoms with E-state index in [1.165, 1.54) is 51.4 Å². The molecule has 1 aromatic carbocycles. The molecule has 0 amide bonds. The predicted octanol–water partition coefficient (Wildman–Crippen LogP) is 4.39. The standard InChI is InChI=1S/C17H26ClFN2/c1-3-4-9-21-10-7-15(8-11-21)20-13(2)14-5-6-16(18)17(19)12-14/h5-6,12-13,15,20H,3-4,7-11H2,1-2H3. The summed E-state index contributed by atoms with van der Waals surface area (Å²) < 4.78 is 13.5. The van der Waals surface area contributed by atoms with Gasteiger partial charge >= 0.3 is 0 Å². The van der Waals surface area contributed by atoms with Gasteiger partial charge in [0.2, 0.25) is 0 Å². The van der Waals surface area contributed by atoms with Gasteiger partial charge in [0.05, 0.1) is 5.02 Å².